The molecule has 3 rings (SSSR count). The van der Waals surface area contributed by atoms with Crippen molar-refractivity contribution in [1.29, 1.82) is 0 Å². The average molecular weight is 494 g/mol. The van der Waals surface area contributed by atoms with Crippen molar-refractivity contribution >= 4 is 29.2 Å². The molecular formula is C20H21Cl2F4N5O. The molecular weight excluding hydrogens is 473 g/mol. The van der Waals surface area contributed by atoms with Gasteiger partial charge in [-0.15, -0.1) is 0 Å². The third-order valence-electron chi connectivity index (χ3n) is 5.46. The van der Waals surface area contributed by atoms with Gasteiger partial charge in [0.1, 0.15) is 0 Å². The minimum atomic E-state index is -4.84. The van der Waals surface area contributed by atoms with Crippen molar-refractivity contribution in [3.63, 3.8) is 0 Å². The van der Waals surface area contributed by atoms with Gasteiger partial charge in [0.25, 0.3) is 0 Å². The minimum absolute atomic E-state index is 0.0121. The van der Waals surface area contributed by atoms with Crippen LogP contribution in [0.4, 0.5) is 22.4 Å². The van der Waals surface area contributed by atoms with Gasteiger partial charge in [-0.25, -0.2) is 9.78 Å². The summed E-state index contributed by atoms with van der Waals surface area (Å²) in [5.74, 6) is -0.879. The third kappa shape index (κ3) is 5.41. The van der Waals surface area contributed by atoms with E-state index in [1.54, 1.807) is 0 Å². The highest BCUT2D eigenvalue weighted by Gasteiger charge is 2.44. The number of hydrogen-bond acceptors (Lipinski definition) is 4. The predicted molar refractivity (Wildman–Crippen MR) is 113 cm³/mol. The van der Waals surface area contributed by atoms with E-state index in [0.29, 0.717) is 12.8 Å². The maximum atomic E-state index is 13.9. The SMILES string of the molecule is CN1CCC(N(C)C(=O)NC(c2ccc(-c3cncc(F)n3)c(Cl)c2Cl)C(F)(F)F)CC1. The van der Waals surface area contributed by atoms with E-state index < -0.39 is 34.8 Å². The zero-order valence-electron chi connectivity index (χ0n) is 17.3. The number of benzene rings is 1. The van der Waals surface area contributed by atoms with Crippen LogP contribution in [0.3, 0.4) is 0 Å². The molecule has 2 heterocycles. The van der Waals surface area contributed by atoms with E-state index in [-0.39, 0.29) is 22.3 Å². The number of carbonyl (C=O) groups is 1. The van der Waals surface area contributed by atoms with Crippen molar-refractivity contribution in [3.05, 3.63) is 46.1 Å². The van der Waals surface area contributed by atoms with E-state index in [1.807, 2.05) is 12.4 Å². The first kappa shape index (κ1) is 24.5. The van der Waals surface area contributed by atoms with Crippen LogP contribution in [0, 0.1) is 5.95 Å². The first-order valence-electron chi connectivity index (χ1n) is 9.73. The summed E-state index contributed by atoms with van der Waals surface area (Å²) in [4.78, 5) is 23.3. The summed E-state index contributed by atoms with van der Waals surface area (Å²) in [5.41, 5.74) is -0.302. The second-order valence-electron chi connectivity index (χ2n) is 7.63. The monoisotopic (exact) mass is 493 g/mol. The Hall–Kier alpha value is -2.17. The maximum absolute atomic E-state index is 13.9. The van der Waals surface area contributed by atoms with Crippen LogP contribution in [0.5, 0.6) is 0 Å². The zero-order chi connectivity index (χ0) is 23.6. The lowest BCUT2D eigenvalue weighted by molar-refractivity contribution is -0.155. The molecule has 1 atom stereocenters. The van der Waals surface area contributed by atoms with Crippen LogP contribution in [0.25, 0.3) is 11.3 Å². The fourth-order valence-electron chi connectivity index (χ4n) is 3.57. The van der Waals surface area contributed by atoms with E-state index in [0.717, 1.165) is 25.4 Å². The number of nitrogens with zero attached hydrogens (tertiary/aromatic N) is 4. The van der Waals surface area contributed by atoms with E-state index in [9.17, 15) is 22.4 Å². The summed E-state index contributed by atoms with van der Waals surface area (Å²) in [6, 6.07) is -1.11. The van der Waals surface area contributed by atoms with E-state index in [2.05, 4.69) is 14.9 Å². The normalized spacial score (nSPS) is 16.6. The number of rotatable bonds is 4. The van der Waals surface area contributed by atoms with Gasteiger partial charge in [-0.2, -0.15) is 17.6 Å². The third-order valence-corrected chi connectivity index (χ3v) is 6.35. The number of piperidine rings is 1. The van der Waals surface area contributed by atoms with E-state index in [1.165, 1.54) is 24.2 Å². The Bertz CT molecular complexity index is 983. The molecule has 1 aliphatic rings. The van der Waals surface area contributed by atoms with Gasteiger partial charge in [0.15, 0.2) is 6.04 Å². The number of alkyl halides is 3. The first-order chi connectivity index (χ1) is 15.0. The number of amides is 2. The van der Waals surface area contributed by atoms with Crippen LogP contribution in [-0.2, 0) is 0 Å². The molecule has 2 amide bonds. The quantitative estimate of drug-likeness (QED) is 0.613. The molecule has 6 nitrogen and oxygen atoms in total. The topological polar surface area (TPSA) is 61.4 Å². The molecule has 0 aliphatic carbocycles. The van der Waals surface area contributed by atoms with Crippen molar-refractivity contribution in [2.45, 2.75) is 31.1 Å². The molecule has 1 fully saturated rings. The molecule has 1 N–H and O–H groups in total. The molecule has 0 saturated carbocycles. The highest BCUT2D eigenvalue weighted by Crippen LogP contribution is 2.42. The maximum Gasteiger partial charge on any atom is 0.412 e. The highest BCUT2D eigenvalue weighted by atomic mass is 35.5. The van der Waals surface area contributed by atoms with E-state index >= 15 is 0 Å². The van der Waals surface area contributed by atoms with Gasteiger partial charge in [-0.05, 0) is 33.0 Å². The summed E-state index contributed by atoms with van der Waals surface area (Å²) in [5, 5.41) is 1.36. The van der Waals surface area contributed by atoms with Gasteiger partial charge >= 0.3 is 12.2 Å². The lowest BCUT2D eigenvalue weighted by Crippen LogP contribution is -2.50. The lowest BCUT2D eigenvalue weighted by atomic mass is 10.0. The van der Waals surface area contributed by atoms with Crippen LogP contribution in [0.15, 0.2) is 24.5 Å². The summed E-state index contributed by atoms with van der Waals surface area (Å²) in [7, 11) is 3.42. The smallest absolute Gasteiger partial charge is 0.325 e. The highest BCUT2D eigenvalue weighted by molar-refractivity contribution is 6.44. The standard InChI is InChI=1S/C20H21Cl2F4N5O/c1-30-7-5-11(6-8-30)31(2)19(32)29-18(20(24,25)26)13-4-3-12(16(21)17(13)22)14-9-27-10-15(23)28-14/h3-4,9-11,18H,5-8H2,1-2H3,(H,29,32). The Balaban J connectivity index is 1.88. The molecule has 1 aliphatic heterocycles. The minimum Gasteiger partial charge on any atom is -0.325 e. The summed E-state index contributed by atoms with van der Waals surface area (Å²) in [6.45, 7) is 1.49. The molecule has 0 radical (unpaired) electrons. The second-order valence-corrected chi connectivity index (χ2v) is 8.38. The lowest BCUT2D eigenvalue weighted by Gasteiger charge is -2.36. The van der Waals surface area contributed by atoms with Crippen LogP contribution in [0.2, 0.25) is 10.0 Å². The van der Waals surface area contributed by atoms with Crippen molar-refractivity contribution in [2.75, 3.05) is 27.2 Å². The molecule has 12 heteroatoms. The number of nitrogens with one attached hydrogen (secondary N) is 1. The van der Waals surface area contributed by atoms with Crippen molar-refractivity contribution in [1.82, 2.24) is 25.1 Å². The molecule has 1 unspecified atom stereocenters. The Morgan fingerprint density at radius 1 is 1.22 bits per heavy atom. The summed E-state index contributed by atoms with van der Waals surface area (Å²) in [6.07, 6.45) is -1.43. The van der Waals surface area contributed by atoms with E-state index in [4.69, 9.17) is 23.2 Å². The number of aromatic nitrogens is 2. The predicted octanol–water partition coefficient (Wildman–Crippen LogP) is 4.93. The fraction of sp³-hybridized carbons (Fsp3) is 0.450. The molecule has 0 spiro atoms. The van der Waals surface area contributed by atoms with Gasteiger partial charge < -0.3 is 15.1 Å². The largest absolute Gasteiger partial charge is 0.412 e. The molecule has 1 aromatic carbocycles. The van der Waals surface area contributed by atoms with Gasteiger partial charge in [0, 0.05) is 24.2 Å². The van der Waals surface area contributed by atoms with Crippen molar-refractivity contribution in [2.24, 2.45) is 0 Å². The summed E-state index contributed by atoms with van der Waals surface area (Å²) < 4.78 is 55.1. The van der Waals surface area contributed by atoms with Gasteiger partial charge in [0.2, 0.25) is 5.95 Å². The number of halogens is 6. The van der Waals surface area contributed by atoms with Crippen LogP contribution < -0.4 is 5.32 Å². The van der Waals surface area contributed by atoms with Crippen LogP contribution in [-0.4, -0.2) is 65.2 Å². The fourth-order valence-corrected chi connectivity index (χ4v) is 4.11. The van der Waals surface area contributed by atoms with Crippen LogP contribution in [0.1, 0.15) is 24.4 Å². The Morgan fingerprint density at radius 2 is 1.88 bits per heavy atom. The second kappa shape index (κ2) is 9.76. The number of carbonyl (C=O) groups excluding carboxylic acids is 1. The van der Waals surface area contributed by atoms with Gasteiger partial charge in [0.05, 0.1) is 28.1 Å². The van der Waals surface area contributed by atoms with Crippen molar-refractivity contribution in [3.8, 4) is 11.3 Å². The molecule has 2 aromatic rings. The summed E-state index contributed by atoms with van der Waals surface area (Å²) >= 11 is 12.4. The molecule has 174 valence electrons. The van der Waals surface area contributed by atoms with Crippen LogP contribution >= 0.6 is 23.2 Å². The van der Waals surface area contributed by atoms with Gasteiger partial charge in [-0.3, -0.25) is 4.98 Å². The Kier molecular flexibility index (Phi) is 7.46. The molecule has 1 aromatic heterocycles. The van der Waals surface area contributed by atoms with Crippen molar-refractivity contribution < 1.29 is 22.4 Å². The Labute approximate surface area is 192 Å². The zero-order valence-corrected chi connectivity index (χ0v) is 18.8. The average Bonchev–Trinajstić information content (AvgIpc) is 2.73. The number of likely N-dealkylation sites (tertiary alicyclic amines) is 1. The van der Waals surface area contributed by atoms with Gasteiger partial charge in [-0.1, -0.05) is 35.3 Å². The molecule has 1 saturated heterocycles. The Morgan fingerprint density at radius 3 is 2.47 bits per heavy atom. The first-order valence-corrected chi connectivity index (χ1v) is 10.5. The molecule has 0 bridgehead atoms. The molecule has 32 heavy (non-hydrogen) atoms. The number of hydrogen-bond donors (Lipinski definition) is 1. The number of urea groups is 1.